The Hall–Kier alpha value is -2.67. The Morgan fingerprint density at radius 3 is 2.29 bits per heavy atom. The number of anilines is 1. The third-order valence-electron chi connectivity index (χ3n) is 4.15. The molecule has 4 rings (SSSR count). The van der Waals surface area contributed by atoms with Crippen LogP contribution in [0, 0.1) is 0 Å². The first-order valence-electron chi connectivity index (χ1n) is 8.41. The summed E-state index contributed by atoms with van der Waals surface area (Å²) in [5.41, 5.74) is 3.24. The fourth-order valence-electron chi connectivity index (χ4n) is 2.78. The molecule has 0 aliphatic rings. The number of hydrogen-bond acceptors (Lipinski definition) is 4. The highest BCUT2D eigenvalue weighted by atomic mass is 35.5. The largest absolute Gasteiger partial charge is 0.280 e. The number of thiazole rings is 1. The number of sulfonamides is 1. The van der Waals surface area contributed by atoms with Crippen molar-refractivity contribution in [1.82, 2.24) is 4.98 Å². The molecule has 0 amide bonds. The van der Waals surface area contributed by atoms with E-state index in [4.69, 9.17) is 11.6 Å². The first kappa shape index (κ1) is 18.7. The van der Waals surface area contributed by atoms with Gasteiger partial charge in [-0.2, -0.15) is 0 Å². The fourth-order valence-corrected chi connectivity index (χ4v) is 4.72. The quantitative estimate of drug-likeness (QED) is 0.430. The van der Waals surface area contributed by atoms with Gasteiger partial charge < -0.3 is 0 Å². The van der Waals surface area contributed by atoms with Crippen molar-refractivity contribution < 1.29 is 8.42 Å². The molecule has 3 aromatic carbocycles. The van der Waals surface area contributed by atoms with Crippen LogP contribution in [0.3, 0.4) is 0 Å². The lowest BCUT2D eigenvalue weighted by molar-refractivity contribution is 0.601. The zero-order chi connectivity index (χ0) is 19.6. The standard InChI is InChI=1S/C21H15ClN2O2S2/c22-20-11-8-16(21-23-12-13-27-21)14-19(20)15-6-9-17(10-7-15)24-28(25,26)18-4-2-1-3-5-18/h1-14,24H. The third-order valence-corrected chi connectivity index (χ3v) is 6.70. The van der Waals surface area contributed by atoms with Crippen molar-refractivity contribution >= 4 is 38.6 Å². The Morgan fingerprint density at radius 1 is 0.893 bits per heavy atom. The van der Waals surface area contributed by atoms with E-state index in [1.165, 1.54) is 0 Å². The molecule has 140 valence electrons. The third kappa shape index (κ3) is 3.94. The molecule has 0 radical (unpaired) electrons. The summed E-state index contributed by atoms with van der Waals surface area (Å²) >= 11 is 7.95. The van der Waals surface area contributed by atoms with Gasteiger partial charge in [-0.25, -0.2) is 13.4 Å². The van der Waals surface area contributed by atoms with E-state index in [0.717, 1.165) is 21.7 Å². The predicted molar refractivity (Wildman–Crippen MR) is 115 cm³/mol. The second kappa shape index (κ2) is 7.75. The van der Waals surface area contributed by atoms with Gasteiger partial charge in [-0.15, -0.1) is 11.3 Å². The van der Waals surface area contributed by atoms with Crippen molar-refractivity contribution in [1.29, 1.82) is 0 Å². The molecule has 0 aliphatic carbocycles. The average molecular weight is 427 g/mol. The SMILES string of the molecule is O=S(=O)(Nc1ccc(-c2cc(-c3nccs3)ccc2Cl)cc1)c1ccccc1. The smallest absolute Gasteiger partial charge is 0.261 e. The van der Waals surface area contributed by atoms with Crippen LogP contribution in [-0.4, -0.2) is 13.4 Å². The fraction of sp³-hybridized carbons (Fsp3) is 0. The second-order valence-electron chi connectivity index (χ2n) is 6.03. The number of nitrogens with one attached hydrogen (secondary N) is 1. The summed E-state index contributed by atoms with van der Waals surface area (Å²) in [5, 5.41) is 3.47. The van der Waals surface area contributed by atoms with Crippen molar-refractivity contribution in [2.45, 2.75) is 4.90 Å². The van der Waals surface area contributed by atoms with Gasteiger partial charge in [-0.3, -0.25) is 4.72 Å². The minimum Gasteiger partial charge on any atom is -0.280 e. The molecule has 7 heteroatoms. The summed E-state index contributed by atoms with van der Waals surface area (Å²) < 4.78 is 27.5. The van der Waals surface area contributed by atoms with Gasteiger partial charge in [0.15, 0.2) is 0 Å². The van der Waals surface area contributed by atoms with E-state index in [0.29, 0.717) is 10.7 Å². The molecule has 0 aliphatic heterocycles. The van der Waals surface area contributed by atoms with Crippen LogP contribution >= 0.6 is 22.9 Å². The van der Waals surface area contributed by atoms with Gasteiger partial charge in [-0.05, 0) is 42.0 Å². The number of hydrogen-bond donors (Lipinski definition) is 1. The topological polar surface area (TPSA) is 59.1 Å². The monoisotopic (exact) mass is 426 g/mol. The zero-order valence-corrected chi connectivity index (χ0v) is 16.9. The van der Waals surface area contributed by atoms with Crippen LogP contribution in [0.1, 0.15) is 0 Å². The van der Waals surface area contributed by atoms with Crippen molar-refractivity contribution in [2.75, 3.05) is 4.72 Å². The van der Waals surface area contributed by atoms with Crippen molar-refractivity contribution in [3.63, 3.8) is 0 Å². The molecule has 1 heterocycles. The molecular formula is C21H15ClN2O2S2. The van der Waals surface area contributed by atoms with Gasteiger partial charge >= 0.3 is 0 Å². The van der Waals surface area contributed by atoms with Crippen LogP contribution in [0.4, 0.5) is 5.69 Å². The number of benzene rings is 3. The van der Waals surface area contributed by atoms with Crippen LogP contribution in [0.25, 0.3) is 21.7 Å². The molecule has 28 heavy (non-hydrogen) atoms. The molecule has 0 unspecified atom stereocenters. The number of aromatic nitrogens is 1. The predicted octanol–water partition coefficient (Wildman–Crippen LogP) is 5.93. The highest BCUT2D eigenvalue weighted by molar-refractivity contribution is 7.92. The number of halogens is 1. The lowest BCUT2D eigenvalue weighted by Crippen LogP contribution is -2.12. The average Bonchev–Trinajstić information content (AvgIpc) is 3.24. The molecule has 4 nitrogen and oxygen atoms in total. The zero-order valence-electron chi connectivity index (χ0n) is 14.5. The summed E-state index contributed by atoms with van der Waals surface area (Å²) in [5.74, 6) is 0. The summed E-state index contributed by atoms with van der Waals surface area (Å²) in [6.45, 7) is 0. The van der Waals surface area contributed by atoms with E-state index in [-0.39, 0.29) is 4.90 Å². The molecular weight excluding hydrogens is 412 g/mol. The van der Waals surface area contributed by atoms with E-state index >= 15 is 0 Å². The Morgan fingerprint density at radius 2 is 1.61 bits per heavy atom. The Kier molecular flexibility index (Phi) is 5.17. The van der Waals surface area contributed by atoms with Crippen molar-refractivity contribution in [2.24, 2.45) is 0 Å². The van der Waals surface area contributed by atoms with Gasteiger partial charge in [-0.1, -0.05) is 48.0 Å². The van der Waals surface area contributed by atoms with Gasteiger partial charge in [0.1, 0.15) is 5.01 Å². The van der Waals surface area contributed by atoms with Crippen LogP contribution < -0.4 is 4.72 Å². The summed E-state index contributed by atoms with van der Waals surface area (Å²) in [4.78, 5) is 4.55. The van der Waals surface area contributed by atoms with Gasteiger partial charge in [0.05, 0.1) is 4.90 Å². The molecule has 0 spiro atoms. The van der Waals surface area contributed by atoms with E-state index in [1.807, 2.05) is 35.7 Å². The molecule has 0 bridgehead atoms. The maximum atomic E-state index is 12.4. The summed E-state index contributed by atoms with van der Waals surface area (Å²) in [7, 11) is -3.62. The Balaban J connectivity index is 1.61. The maximum Gasteiger partial charge on any atom is 0.261 e. The lowest BCUT2D eigenvalue weighted by atomic mass is 10.0. The van der Waals surface area contributed by atoms with Crippen LogP contribution in [0.15, 0.2) is 89.3 Å². The van der Waals surface area contributed by atoms with Gasteiger partial charge in [0, 0.05) is 33.4 Å². The van der Waals surface area contributed by atoms with Crippen molar-refractivity contribution in [3.05, 3.63) is 89.4 Å². The molecule has 0 fully saturated rings. The molecule has 0 atom stereocenters. The van der Waals surface area contributed by atoms with E-state index in [1.54, 1.807) is 60.0 Å². The minimum absolute atomic E-state index is 0.221. The number of rotatable bonds is 5. The maximum absolute atomic E-state index is 12.4. The lowest BCUT2D eigenvalue weighted by Gasteiger charge is -2.10. The van der Waals surface area contributed by atoms with Crippen LogP contribution in [-0.2, 0) is 10.0 Å². The van der Waals surface area contributed by atoms with Crippen LogP contribution in [0.5, 0.6) is 0 Å². The normalized spacial score (nSPS) is 11.3. The molecule has 1 N–H and O–H groups in total. The highest BCUT2D eigenvalue weighted by Crippen LogP contribution is 2.34. The molecule has 0 saturated carbocycles. The molecule has 4 aromatic rings. The Bertz CT molecular complexity index is 1190. The van der Waals surface area contributed by atoms with E-state index in [2.05, 4.69) is 9.71 Å². The highest BCUT2D eigenvalue weighted by Gasteiger charge is 2.14. The van der Waals surface area contributed by atoms with E-state index in [9.17, 15) is 8.42 Å². The van der Waals surface area contributed by atoms with E-state index < -0.39 is 10.0 Å². The first-order chi connectivity index (χ1) is 13.5. The first-order valence-corrected chi connectivity index (χ1v) is 11.1. The summed E-state index contributed by atoms with van der Waals surface area (Å²) in [6.07, 6.45) is 1.77. The van der Waals surface area contributed by atoms with Crippen molar-refractivity contribution in [3.8, 4) is 21.7 Å². The minimum atomic E-state index is -3.62. The molecule has 1 aromatic heterocycles. The summed E-state index contributed by atoms with van der Waals surface area (Å²) in [6, 6.07) is 21.2. The van der Waals surface area contributed by atoms with Crippen LogP contribution in [0.2, 0.25) is 5.02 Å². The van der Waals surface area contributed by atoms with Gasteiger partial charge in [0.25, 0.3) is 10.0 Å². The number of nitrogens with zero attached hydrogens (tertiary/aromatic N) is 1. The molecule has 0 saturated heterocycles. The second-order valence-corrected chi connectivity index (χ2v) is 9.01. The van der Waals surface area contributed by atoms with Gasteiger partial charge in [0.2, 0.25) is 0 Å². The Labute approximate surface area is 172 Å².